The van der Waals surface area contributed by atoms with Crippen LogP contribution in [0.1, 0.15) is 19.8 Å². The van der Waals surface area contributed by atoms with Crippen LogP contribution in [0, 0.1) is 5.41 Å². The molecule has 2 saturated heterocycles. The second kappa shape index (κ2) is 6.09. The molecular weight excluding hydrogens is 284 g/mol. The Kier molecular flexibility index (Phi) is 4.64. The Hall–Kier alpha value is -1.15. The number of rotatable bonds is 3. The lowest BCUT2D eigenvalue weighted by molar-refractivity contribution is -0.148. The molecule has 2 aliphatic heterocycles. The first kappa shape index (κ1) is 15.2. The van der Waals surface area contributed by atoms with Crippen molar-refractivity contribution in [1.29, 1.82) is 0 Å². The molecule has 0 aliphatic carbocycles. The van der Waals surface area contributed by atoms with E-state index >= 15 is 0 Å². The molecule has 2 unspecified atom stereocenters. The monoisotopic (exact) mass is 304 g/mol. The molecule has 2 rings (SSSR count). The Morgan fingerprint density at radius 3 is 2.55 bits per heavy atom. The predicted molar refractivity (Wildman–Crippen MR) is 72.9 cm³/mol. The van der Waals surface area contributed by atoms with Crippen LogP contribution >= 0.6 is 0 Å². The third-order valence-corrected chi connectivity index (χ3v) is 5.35. The number of carbonyl (C=O) groups is 2. The van der Waals surface area contributed by atoms with E-state index in [1.807, 2.05) is 0 Å². The number of carboxylic acids is 1. The molecule has 0 aromatic heterocycles. The number of aliphatic carboxylic acids is 1. The van der Waals surface area contributed by atoms with Crippen molar-refractivity contribution in [2.45, 2.75) is 31.8 Å². The third-order valence-electron chi connectivity index (χ3n) is 3.97. The summed E-state index contributed by atoms with van der Waals surface area (Å²) in [5, 5.41) is 14.7. The maximum atomic E-state index is 11.9. The summed E-state index contributed by atoms with van der Waals surface area (Å²) < 4.78 is 16.4. The first-order valence-electron chi connectivity index (χ1n) is 6.65. The third kappa shape index (κ3) is 3.29. The van der Waals surface area contributed by atoms with Crippen molar-refractivity contribution < 1.29 is 23.6 Å². The first-order valence-corrected chi connectivity index (χ1v) is 8.14. The van der Waals surface area contributed by atoms with E-state index < -0.39 is 28.2 Å². The zero-order valence-electron chi connectivity index (χ0n) is 11.4. The highest BCUT2D eigenvalue weighted by molar-refractivity contribution is 7.85. The second-order valence-corrected chi connectivity index (χ2v) is 7.23. The molecule has 0 bridgehead atoms. The fraction of sp³-hybridized carbons (Fsp3) is 0.833. The Balaban J connectivity index is 1.85. The number of carbonyl (C=O) groups excluding carboxylic acids is 1. The van der Waals surface area contributed by atoms with Crippen LogP contribution in [-0.2, 0) is 20.3 Å². The van der Waals surface area contributed by atoms with E-state index in [0.717, 1.165) is 0 Å². The van der Waals surface area contributed by atoms with Gasteiger partial charge in [0, 0.05) is 28.3 Å². The predicted octanol–water partition coefficient (Wildman–Crippen LogP) is -0.314. The van der Waals surface area contributed by atoms with Crippen molar-refractivity contribution in [3.05, 3.63) is 0 Å². The van der Waals surface area contributed by atoms with E-state index in [4.69, 9.17) is 4.74 Å². The summed E-state index contributed by atoms with van der Waals surface area (Å²) in [4.78, 5) is 23.2. The number of carboxylic acid groups (broad SMARTS) is 1. The maximum Gasteiger partial charge on any atom is 0.315 e. The fourth-order valence-electron chi connectivity index (χ4n) is 2.41. The zero-order chi connectivity index (χ0) is 14.8. The molecule has 0 spiro atoms. The van der Waals surface area contributed by atoms with Crippen LogP contribution in [0.3, 0.4) is 0 Å². The molecule has 0 aromatic carbocycles. The van der Waals surface area contributed by atoms with Gasteiger partial charge in [0.25, 0.3) is 0 Å². The van der Waals surface area contributed by atoms with E-state index in [0.29, 0.717) is 24.3 Å². The van der Waals surface area contributed by atoms with Crippen LogP contribution in [-0.4, -0.2) is 58.1 Å². The molecule has 2 atom stereocenters. The SMILES string of the molecule is CC1(C(=O)O)COCC1NC(=O)NC1CCS(=O)CC1. The molecule has 114 valence electrons. The van der Waals surface area contributed by atoms with Gasteiger partial charge in [0.15, 0.2) is 0 Å². The lowest BCUT2D eigenvalue weighted by atomic mass is 9.85. The van der Waals surface area contributed by atoms with Gasteiger partial charge >= 0.3 is 12.0 Å². The van der Waals surface area contributed by atoms with Crippen molar-refractivity contribution >= 4 is 22.8 Å². The quantitative estimate of drug-likeness (QED) is 0.663. The summed E-state index contributed by atoms with van der Waals surface area (Å²) in [6.07, 6.45) is 1.38. The van der Waals surface area contributed by atoms with Crippen molar-refractivity contribution in [1.82, 2.24) is 10.6 Å². The lowest BCUT2D eigenvalue weighted by Crippen LogP contribution is -2.54. The molecule has 20 heavy (non-hydrogen) atoms. The van der Waals surface area contributed by atoms with Gasteiger partial charge in [-0.1, -0.05) is 0 Å². The Morgan fingerprint density at radius 1 is 1.30 bits per heavy atom. The van der Waals surface area contributed by atoms with Gasteiger partial charge < -0.3 is 20.5 Å². The van der Waals surface area contributed by atoms with Crippen LogP contribution in [0.2, 0.25) is 0 Å². The second-order valence-electron chi connectivity index (χ2n) is 5.53. The van der Waals surface area contributed by atoms with Crippen LogP contribution in [0.5, 0.6) is 0 Å². The molecule has 7 nitrogen and oxygen atoms in total. The van der Waals surface area contributed by atoms with Crippen LogP contribution in [0.4, 0.5) is 4.79 Å². The van der Waals surface area contributed by atoms with Crippen LogP contribution in [0.15, 0.2) is 0 Å². The summed E-state index contributed by atoms with van der Waals surface area (Å²) in [6.45, 7) is 1.86. The minimum absolute atomic E-state index is 0.00565. The number of hydrogen-bond donors (Lipinski definition) is 3. The van der Waals surface area contributed by atoms with Crippen LogP contribution < -0.4 is 10.6 Å². The molecule has 2 fully saturated rings. The average Bonchev–Trinajstić information content (AvgIpc) is 2.75. The number of amides is 2. The molecule has 0 radical (unpaired) electrons. The van der Waals surface area contributed by atoms with E-state index in [1.54, 1.807) is 6.92 Å². The molecular formula is C12H20N2O5S. The number of nitrogens with one attached hydrogen (secondary N) is 2. The van der Waals surface area contributed by atoms with Gasteiger partial charge in [0.2, 0.25) is 0 Å². The molecule has 3 N–H and O–H groups in total. The number of urea groups is 1. The van der Waals surface area contributed by atoms with E-state index in [9.17, 15) is 18.9 Å². The standard InChI is InChI=1S/C12H20N2O5S/c1-12(10(15)16)7-19-6-9(12)14-11(17)13-8-2-4-20(18)5-3-8/h8-9H,2-7H2,1H3,(H,15,16)(H2,13,14,17). The molecule has 0 aromatic rings. The molecule has 2 heterocycles. The topological polar surface area (TPSA) is 105 Å². The highest BCUT2D eigenvalue weighted by Crippen LogP contribution is 2.28. The summed E-state index contributed by atoms with van der Waals surface area (Å²) >= 11 is 0. The van der Waals surface area contributed by atoms with E-state index in [1.165, 1.54) is 0 Å². The van der Waals surface area contributed by atoms with Gasteiger partial charge in [0.1, 0.15) is 5.41 Å². The minimum atomic E-state index is -1.09. The van der Waals surface area contributed by atoms with Crippen molar-refractivity contribution in [2.75, 3.05) is 24.7 Å². The summed E-state index contributed by atoms with van der Waals surface area (Å²) in [5.74, 6) is 0.225. The first-order chi connectivity index (χ1) is 9.41. The summed E-state index contributed by atoms with van der Waals surface area (Å²) in [5.41, 5.74) is -1.09. The van der Waals surface area contributed by atoms with Gasteiger partial charge in [-0.3, -0.25) is 9.00 Å². The molecule has 2 amide bonds. The Bertz CT molecular complexity index is 420. The summed E-state index contributed by atoms with van der Waals surface area (Å²) in [7, 11) is -0.768. The Labute approximate surface area is 119 Å². The van der Waals surface area contributed by atoms with E-state index in [-0.39, 0.29) is 25.3 Å². The van der Waals surface area contributed by atoms with E-state index in [2.05, 4.69) is 10.6 Å². The normalized spacial score (nSPS) is 37.4. The average molecular weight is 304 g/mol. The Morgan fingerprint density at radius 2 is 1.95 bits per heavy atom. The van der Waals surface area contributed by atoms with Crippen molar-refractivity contribution in [2.24, 2.45) is 5.41 Å². The number of ether oxygens (including phenoxy) is 1. The highest BCUT2D eigenvalue weighted by atomic mass is 32.2. The van der Waals surface area contributed by atoms with Crippen molar-refractivity contribution in [3.63, 3.8) is 0 Å². The molecule has 8 heteroatoms. The fourth-order valence-corrected chi connectivity index (χ4v) is 3.71. The van der Waals surface area contributed by atoms with Crippen LogP contribution in [0.25, 0.3) is 0 Å². The van der Waals surface area contributed by atoms with Gasteiger partial charge in [-0.25, -0.2) is 4.79 Å². The smallest absolute Gasteiger partial charge is 0.315 e. The van der Waals surface area contributed by atoms with Gasteiger partial charge in [-0.2, -0.15) is 0 Å². The largest absolute Gasteiger partial charge is 0.481 e. The lowest BCUT2D eigenvalue weighted by Gasteiger charge is -2.28. The molecule has 2 aliphatic rings. The van der Waals surface area contributed by atoms with Crippen molar-refractivity contribution in [3.8, 4) is 0 Å². The van der Waals surface area contributed by atoms with Gasteiger partial charge in [0.05, 0.1) is 19.3 Å². The van der Waals surface area contributed by atoms with Gasteiger partial charge in [-0.15, -0.1) is 0 Å². The summed E-state index contributed by atoms with van der Waals surface area (Å²) in [6, 6.07) is -0.922. The number of hydrogen-bond acceptors (Lipinski definition) is 4. The molecule has 0 saturated carbocycles. The minimum Gasteiger partial charge on any atom is -0.481 e. The van der Waals surface area contributed by atoms with Gasteiger partial charge in [-0.05, 0) is 19.8 Å². The zero-order valence-corrected chi connectivity index (χ0v) is 12.2. The highest BCUT2D eigenvalue weighted by Gasteiger charge is 2.47. The maximum absolute atomic E-state index is 11.9.